The van der Waals surface area contributed by atoms with Crippen LogP contribution in [0.5, 0.6) is 0 Å². The molecule has 0 saturated heterocycles. The second-order valence-corrected chi connectivity index (χ2v) is 8.52. The van der Waals surface area contributed by atoms with Crippen molar-refractivity contribution in [1.82, 2.24) is 19.6 Å². The molecule has 1 amide bonds. The highest BCUT2D eigenvalue weighted by Gasteiger charge is 2.20. The molecule has 3 aromatic heterocycles. The number of carbonyl (C=O) groups is 1. The monoisotopic (exact) mass is 400 g/mol. The Morgan fingerprint density at radius 3 is 2.86 bits per heavy atom. The predicted molar refractivity (Wildman–Crippen MR) is 108 cm³/mol. The highest BCUT2D eigenvalue weighted by atomic mass is 32.1. The summed E-state index contributed by atoms with van der Waals surface area (Å²) in [5.74, 6) is 0.699. The van der Waals surface area contributed by atoms with E-state index in [1.807, 2.05) is 13.8 Å². The van der Waals surface area contributed by atoms with Crippen molar-refractivity contribution in [3.05, 3.63) is 44.1 Å². The third kappa shape index (κ3) is 3.37. The summed E-state index contributed by atoms with van der Waals surface area (Å²) in [4.78, 5) is 33.8. The summed E-state index contributed by atoms with van der Waals surface area (Å²) in [6, 6.07) is 0. The van der Waals surface area contributed by atoms with Gasteiger partial charge in [-0.2, -0.15) is 0 Å². The summed E-state index contributed by atoms with van der Waals surface area (Å²) in [5.41, 5.74) is 2.89. The van der Waals surface area contributed by atoms with Gasteiger partial charge in [0.15, 0.2) is 0 Å². The molecule has 0 aliphatic heterocycles. The molecule has 4 rings (SSSR count). The van der Waals surface area contributed by atoms with Gasteiger partial charge in [-0.1, -0.05) is 5.16 Å². The minimum Gasteiger partial charge on any atom is -0.361 e. The molecule has 0 aromatic carbocycles. The standard InChI is InChI=1S/C20H24N4O3S/c1-12-15(13(2)27-22-12)10-23(3)17(25)8-9-24-11-21-19-18(20(24)26)14-6-4-5-7-16(14)28-19/h11H,4-10H2,1-3H3. The van der Waals surface area contributed by atoms with E-state index in [1.54, 1.807) is 34.2 Å². The molecular weight excluding hydrogens is 376 g/mol. The number of fused-ring (bicyclic) bond motifs is 3. The Balaban J connectivity index is 1.48. The molecule has 1 aliphatic carbocycles. The van der Waals surface area contributed by atoms with Crippen LogP contribution in [0.1, 0.15) is 46.7 Å². The number of aryl methyl sites for hydroxylation is 5. The summed E-state index contributed by atoms with van der Waals surface area (Å²) < 4.78 is 6.73. The summed E-state index contributed by atoms with van der Waals surface area (Å²) in [6.45, 7) is 4.49. The van der Waals surface area contributed by atoms with E-state index in [9.17, 15) is 9.59 Å². The highest BCUT2D eigenvalue weighted by molar-refractivity contribution is 7.18. The third-order valence-electron chi connectivity index (χ3n) is 5.51. The number of nitrogens with zero attached hydrogens (tertiary/aromatic N) is 4. The first-order valence-corrected chi connectivity index (χ1v) is 10.4. The number of carbonyl (C=O) groups excluding carboxylic acids is 1. The van der Waals surface area contributed by atoms with E-state index in [1.165, 1.54) is 16.9 Å². The van der Waals surface area contributed by atoms with Gasteiger partial charge in [0.1, 0.15) is 10.6 Å². The molecule has 8 heteroatoms. The number of thiophene rings is 1. The van der Waals surface area contributed by atoms with Crippen molar-refractivity contribution < 1.29 is 9.32 Å². The van der Waals surface area contributed by atoms with Crippen molar-refractivity contribution in [2.24, 2.45) is 0 Å². The van der Waals surface area contributed by atoms with Crippen LogP contribution >= 0.6 is 11.3 Å². The van der Waals surface area contributed by atoms with Gasteiger partial charge < -0.3 is 9.42 Å². The molecular formula is C20H24N4O3S. The average Bonchev–Trinajstić information content (AvgIpc) is 3.22. The van der Waals surface area contributed by atoms with Crippen LogP contribution in [0.25, 0.3) is 10.2 Å². The smallest absolute Gasteiger partial charge is 0.262 e. The maximum absolute atomic E-state index is 13.0. The second kappa shape index (κ2) is 7.50. The van der Waals surface area contributed by atoms with E-state index in [2.05, 4.69) is 10.1 Å². The van der Waals surface area contributed by atoms with Gasteiger partial charge in [0.2, 0.25) is 5.91 Å². The second-order valence-electron chi connectivity index (χ2n) is 7.44. The average molecular weight is 401 g/mol. The fourth-order valence-corrected chi connectivity index (χ4v) is 5.02. The lowest BCUT2D eigenvalue weighted by molar-refractivity contribution is -0.130. The van der Waals surface area contributed by atoms with Gasteiger partial charge in [-0.15, -0.1) is 11.3 Å². The molecule has 0 bridgehead atoms. The molecule has 0 fully saturated rings. The van der Waals surface area contributed by atoms with E-state index in [0.717, 1.165) is 46.5 Å². The Kier molecular flexibility index (Phi) is 5.05. The number of hydrogen-bond donors (Lipinski definition) is 0. The van der Waals surface area contributed by atoms with Crippen molar-refractivity contribution >= 4 is 27.5 Å². The van der Waals surface area contributed by atoms with Crippen molar-refractivity contribution in [2.75, 3.05) is 7.05 Å². The normalized spacial score (nSPS) is 13.7. The Bertz CT molecular complexity index is 1080. The molecule has 0 radical (unpaired) electrons. The molecule has 0 saturated carbocycles. The Morgan fingerprint density at radius 2 is 2.11 bits per heavy atom. The van der Waals surface area contributed by atoms with Crippen molar-refractivity contribution in [3.8, 4) is 0 Å². The predicted octanol–water partition coefficient (Wildman–Crippen LogP) is 2.99. The first-order valence-electron chi connectivity index (χ1n) is 9.61. The maximum atomic E-state index is 13.0. The van der Waals surface area contributed by atoms with Crippen molar-refractivity contribution in [3.63, 3.8) is 0 Å². The lowest BCUT2D eigenvalue weighted by atomic mass is 9.97. The van der Waals surface area contributed by atoms with Crippen molar-refractivity contribution in [1.29, 1.82) is 0 Å². The summed E-state index contributed by atoms with van der Waals surface area (Å²) in [7, 11) is 1.76. The van der Waals surface area contributed by atoms with Gasteiger partial charge in [0, 0.05) is 30.5 Å². The van der Waals surface area contributed by atoms with Crippen LogP contribution in [0.2, 0.25) is 0 Å². The number of amides is 1. The van der Waals surface area contributed by atoms with E-state index >= 15 is 0 Å². The fourth-order valence-electron chi connectivity index (χ4n) is 3.80. The molecule has 3 heterocycles. The van der Waals surface area contributed by atoms with Gasteiger partial charge >= 0.3 is 0 Å². The first-order chi connectivity index (χ1) is 13.5. The zero-order valence-electron chi connectivity index (χ0n) is 16.4. The van der Waals surface area contributed by atoms with Gasteiger partial charge in [0.05, 0.1) is 24.0 Å². The lowest BCUT2D eigenvalue weighted by Gasteiger charge is -2.17. The highest BCUT2D eigenvalue weighted by Crippen LogP contribution is 2.33. The molecule has 0 unspecified atom stereocenters. The van der Waals surface area contributed by atoms with E-state index < -0.39 is 0 Å². The third-order valence-corrected chi connectivity index (χ3v) is 6.71. The Morgan fingerprint density at radius 1 is 1.32 bits per heavy atom. The van der Waals surface area contributed by atoms with Gasteiger partial charge in [-0.05, 0) is 45.1 Å². The van der Waals surface area contributed by atoms with Crippen LogP contribution in [0.15, 0.2) is 15.6 Å². The quantitative estimate of drug-likeness (QED) is 0.658. The van der Waals surface area contributed by atoms with E-state index in [-0.39, 0.29) is 17.9 Å². The molecule has 1 aliphatic rings. The molecule has 0 atom stereocenters. The van der Waals surface area contributed by atoms with Crippen LogP contribution in [0, 0.1) is 13.8 Å². The molecule has 0 N–H and O–H groups in total. The lowest BCUT2D eigenvalue weighted by Crippen LogP contribution is -2.29. The van der Waals surface area contributed by atoms with Crippen LogP contribution in [-0.2, 0) is 30.7 Å². The van der Waals surface area contributed by atoms with E-state index in [0.29, 0.717) is 13.1 Å². The zero-order valence-corrected chi connectivity index (χ0v) is 17.3. The van der Waals surface area contributed by atoms with E-state index in [4.69, 9.17) is 4.52 Å². The number of rotatable bonds is 5. The molecule has 0 spiro atoms. The van der Waals surface area contributed by atoms with Gasteiger partial charge in [-0.25, -0.2) is 4.98 Å². The van der Waals surface area contributed by atoms with Gasteiger partial charge in [-0.3, -0.25) is 14.2 Å². The van der Waals surface area contributed by atoms with Crippen LogP contribution in [-0.4, -0.2) is 32.6 Å². The SMILES string of the molecule is Cc1noc(C)c1CN(C)C(=O)CCn1cnc2sc3c(c2c1=O)CCCC3. The summed E-state index contributed by atoms with van der Waals surface area (Å²) >= 11 is 1.64. The molecule has 28 heavy (non-hydrogen) atoms. The van der Waals surface area contributed by atoms with Gasteiger partial charge in [0.25, 0.3) is 5.56 Å². The molecule has 3 aromatic rings. The minimum absolute atomic E-state index is 0.0226. The number of hydrogen-bond acceptors (Lipinski definition) is 6. The molecule has 148 valence electrons. The fraction of sp³-hybridized carbons (Fsp3) is 0.500. The topological polar surface area (TPSA) is 81.2 Å². The zero-order chi connectivity index (χ0) is 19.8. The minimum atomic E-state index is -0.0284. The molecule has 7 nitrogen and oxygen atoms in total. The van der Waals surface area contributed by atoms with Crippen LogP contribution in [0.3, 0.4) is 0 Å². The summed E-state index contributed by atoms with van der Waals surface area (Å²) in [5, 5.41) is 4.69. The van der Waals surface area contributed by atoms with Crippen molar-refractivity contribution in [2.45, 2.75) is 59.0 Å². The first kappa shape index (κ1) is 18.9. The Hall–Kier alpha value is -2.48. The largest absolute Gasteiger partial charge is 0.361 e. The van der Waals surface area contributed by atoms with Crippen LogP contribution in [0.4, 0.5) is 0 Å². The number of aromatic nitrogens is 3. The maximum Gasteiger partial charge on any atom is 0.262 e. The van der Waals surface area contributed by atoms with Crippen LogP contribution < -0.4 is 5.56 Å². The Labute approximate surface area is 167 Å². The summed E-state index contributed by atoms with van der Waals surface area (Å²) in [6.07, 6.45) is 6.13.